The molecule has 0 unspecified atom stereocenters. The first-order valence-corrected chi connectivity index (χ1v) is 18.0. The second kappa shape index (κ2) is 8.21. The lowest BCUT2D eigenvalue weighted by Gasteiger charge is -2.35. The van der Waals surface area contributed by atoms with Gasteiger partial charge in [-0.05, 0) is 65.9 Å². The van der Waals surface area contributed by atoms with Crippen molar-refractivity contribution in [3.8, 4) is 5.75 Å². The van der Waals surface area contributed by atoms with Crippen LogP contribution >= 0.6 is 15.9 Å². The van der Waals surface area contributed by atoms with Crippen LogP contribution in [-0.4, -0.2) is 29.9 Å². The normalized spacial score (nSPS) is 12.5. The highest BCUT2D eigenvalue weighted by molar-refractivity contribution is 9.10. The number of rotatable bonds is 7. The monoisotopic (exact) mass is 516 g/mol. The average molecular weight is 518 g/mol. The Labute approximate surface area is 182 Å². The van der Waals surface area contributed by atoms with Crippen molar-refractivity contribution in [2.75, 3.05) is 3.97 Å². The fourth-order valence-corrected chi connectivity index (χ4v) is 9.39. The van der Waals surface area contributed by atoms with E-state index in [9.17, 15) is 18.5 Å². The van der Waals surface area contributed by atoms with Gasteiger partial charge in [0, 0.05) is 17.8 Å². The Morgan fingerprint density at radius 3 is 1.97 bits per heavy atom. The molecule has 0 aromatic heterocycles. The summed E-state index contributed by atoms with van der Waals surface area (Å²) in [4.78, 5) is 10.3. The number of nitro benzene ring substituents is 1. The van der Waals surface area contributed by atoms with E-state index in [1.807, 2.05) is 19.6 Å². The predicted octanol–water partition coefficient (Wildman–Crippen LogP) is 5.60. The molecule has 0 atom stereocenters. The van der Waals surface area contributed by atoms with E-state index < -0.39 is 31.5 Å². The van der Waals surface area contributed by atoms with Crippen LogP contribution in [0.15, 0.2) is 51.8 Å². The Balaban J connectivity index is 2.54. The van der Waals surface area contributed by atoms with Crippen LogP contribution in [0.1, 0.15) is 0 Å². The molecule has 0 N–H and O–H groups in total. The first-order chi connectivity index (χ1) is 13.1. The second-order valence-electron chi connectivity index (χ2n) is 8.52. The van der Waals surface area contributed by atoms with Gasteiger partial charge in [-0.2, -0.15) is 0 Å². The Hall–Kier alpha value is -1.70. The standard InChI is InChI=1S/C18H25BrN2O5SSi2/c1-28(2,3)21(15-9-12-18(17(19)13-15)26-29(4,5)6)27(24,25)16-10-7-14(8-11-16)20(22)23/h7-13H,1-6H3. The van der Waals surface area contributed by atoms with Crippen LogP contribution in [0.4, 0.5) is 11.4 Å². The van der Waals surface area contributed by atoms with Crippen LogP contribution in [0.2, 0.25) is 39.3 Å². The number of anilines is 1. The van der Waals surface area contributed by atoms with Crippen molar-refractivity contribution in [1.82, 2.24) is 0 Å². The smallest absolute Gasteiger partial charge is 0.269 e. The lowest BCUT2D eigenvalue weighted by molar-refractivity contribution is -0.384. The fourth-order valence-electron chi connectivity index (χ4n) is 2.76. The molecule has 0 radical (unpaired) electrons. The topological polar surface area (TPSA) is 89.8 Å². The molecule has 11 heteroatoms. The van der Waals surface area contributed by atoms with Gasteiger partial charge in [0.05, 0.1) is 14.3 Å². The Kier molecular flexibility index (Phi) is 6.67. The highest BCUT2D eigenvalue weighted by Gasteiger charge is 2.36. The van der Waals surface area contributed by atoms with Crippen LogP contribution in [0.25, 0.3) is 0 Å². The number of halogens is 1. The highest BCUT2D eigenvalue weighted by Crippen LogP contribution is 2.36. The zero-order valence-electron chi connectivity index (χ0n) is 17.3. The van der Waals surface area contributed by atoms with E-state index in [4.69, 9.17) is 4.43 Å². The SMILES string of the molecule is C[Si](C)(C)Oc1ccc(N([Si](C)(C)C)S(=O)(=O)c2ccc([N+](=O)[O-])cc2)cc1Br. The molecule has 0 saturated heterocycles. The van der Waals surface area contributed by atoms with Gasteiger partial charge in [0.15, 0.2) is 8.24 Å². The van der Waals surface area contributed by atoms with Gasteiger partial charge in [-0.1, -0.05) is 19.6 Å². The van der Waals surface area contributed by atoms with Crippen molar-refractivity contribution in [1.29, 1.82) is 0 Å². The molecule has 2 aromatic carbocycles. The summed E-state index contributed by atoms with van der Waals surface area (Å²) in [5, 5.41) is 10.9. The number of hydrogen-bond donors (Lipinski definition) is 0. The molecule has 7 nitrogen and oxygen atoms in total. The molecular weight excluding hydrogens is 492 g/mol. The zero-order chi connectivity index (χ0) is 22.2. The summed E-state index contributed by atoms with van der Waals surface area (Å²) in [6.45, 7) is 12.0. The third-order valence-corrected chi connectivity index (χ3v) is 10.6. The largest absolute Gasteiger partial charge is 0.544 e. The van der Waals surface area contributed by atoms with Crippen LogP contribution in [-0.2, 0) is 10.0 Å². The van der Waals surface area contributed by atoms with Crippen molar-refractivity contribution in [2.45, 2.75) is 44.2 Å². The molecule has 0 aliphatic heterocycles. The quantitative estimate of drug-likeness (QED) is 0.271. The van der Waals surface area contributed by atoms with Crippen LogP contribution < -0.4 is 8.40 Å². The number of sulfonamides is 1. The average Bonchev–Trinajstić information content (AvgIpc) is 2.55. The molecule has 0 amide bonds. The Morgan fingerprint density at radius 2 is 1.55 bits per heavy atom. The lowest BCUT2D eigenvalue weighted by Crippen LogP contribution is -2.50. The minimum absolute atomic E-state index is 0.0177. The number of benzene rings is 2. The van der Waals surface area contributed by atoms with E-state index in [0.717, 1.165) is 0 Å². The van der Waals surface area contributed by atoms with Crippen molar-refractivity contribution >= 4 is 53.9 Å². The summed E-state index contributed by atoms with van der Waals surface area (Å²) < 4.78 is 35.0. The van der Waals surface area contributed by atoms with Crippen LogP contribution in [0.3, 0.4) is 0 Å². The van der Waals surface area contributed by atoms with E-state index in [1.54, 1.807) is 18.2 Å². The van der Waals surface area contributed by atoms with Gasteiger partial charge in [0.1, 0.15) is 5.75 Å². The molecule has 0 spiro atoms. The fraction of sp³-hybridized carbons (Fsp3) is 0.333. The number of nitro groups is 1. The van der Waals surface area contributed by atoms with Crippen molar-refractivity contribution in [2.24, 2.45) is 0 Å². The molecule has 0 aliphatic rings. The summed E-state index contributed by atoms with van der Waals surface area (Å²) in [6, 6.07) is 10.2. The lowest BCUT2D eigenvalue weighted by atomic mass is 10.3. The first kappa shape index (κ1) is 23.6. The maximum absolute atomic E-state index is 13.4. The van der Waals surface area contributed by atoms with Gasteiger partial charge in [-0.15, -0.1) is 0 Å². The van der Waals surface area contributed by atoms with Gasteiger partial charge >= 0.3 is 0 Å². The van der Waals surface area contributed by atoms with Crippen molar-refractivity contribution in [3.63, 3.8) is 0 Å². The van der Waals surface area contributed by atoms with E-state index in [0.29, 0.717) is 15.9 Å². The molecule has 0 heterocycles. The van der Waals surface area contributed by atoms with Gasteiger partial charge in [0.25, 0.3) is 15.7 Å². The zero-order valence-corrected chi connectivity index (χ0v) is 21.7. The minimum Gasteiger partial charge on any atom is -0.544 e. The molecule has 2 rings (SSSR count). The molecular formula is C18H25BrN2O5SSi2. The highest BCUT2D eigenvalue weighted by atomic mass is 79.9. The second-order valence-corrected chi connectivity index (χ2v) is 20.7. The van der Waals surface area contributed by atoms with Crippen molar-refractivity contribution in [3.05, 3.63) is 57.1 Å². The van der Waals surface area contributed by atoms with Gasteiger partial charge in [0.2, 0.25) is 8.32 Å². The van der Waals surface area contributed by atoms with E-state index >= 15 is 0 Å². The van der Waals surface area contributed by atoms with E-state index in [2.05, 4.69) is 35.6 Å². The van der Waals surface area contributed by atoms with Crippen molar-refractivity contribution < 1.29 is 17.8 Å². The van der Waals surface area contributed by atoms with Gasteiger partial charge < -0.3 is 4.43 Å². The molecule has 0 bridgehead atoms. The summed E-state index contributed by atoms with van der Waals surface area (Å²) in [6.07, 6.45) is 0. The summed E-state index contributed by atoms with van der Waals surface area (Å²) >= 11 is 3.50. The molecule has 29 heavy (non-hydrogen) atoms. The Bertz CT molecular complexity index is 1020. The maximum atomic E-state index is 13.4. The Morgan fingerprint density at radius 1 is 1.00 bits per heavy atom. The van der Waals surface area contributed by atoms with Crippen LogP contribution in [0.5, 0.6) is 5.75 Å². The molecule has 0 fully saturated rings. The van der Waals surface area contributed by atoms with Crippen LogP contribution in [0, 0.1) is 10.1 Å². The summed E-state index contributed by atoms with van der Waals surface area (Å²) in [5.74, 6) is 0.677. The van der Waals surface area contributed by atoms with E-state index in [1.165, 1.54) is 28.2 Å². The van der Waals surface area contributed by atoms with E-state index in [-0.39, 0.29) is 10.6 Å². The molecule has 158 valence electrons. The maximum Gasteiger partial charge on any atom is 0.269 e. The number of non-ortho nitro benzene ring substituents is 1. The van der Waals surface area contributed by atoms with Gasteiger partial charge in [-0.25, -0.2) is 8.42 Å². The third-order valence-electron chi connectivity index (χ3n) is 3.76. The first-order valence-electron chi connectivity index (χ1n) is 8.91. The minimum atomic E-state index is -3.90. The number of nitrogens with zero attached hydrogens (tertiary/aromatic N) is 2. The summed E-state index contributed by atoms with van der Waals surface area (Å²) in [7, 11) is -8.13. The molecule has 0 aliphatic carbocycles. The molecule has 0 saturated carbocycles. The number of hydrogen-bond acceptors (Lipinski definition) is 5. The summed E-state index contributed by atoms with van der Waals surface area (Å²) in [5.41, 5.74) is 0.372. The predicted molar refractivity (Wildman–Crippen MR) is 124 cm³/mol. The van der Waals surface area contributed by atoms with Gasteiger partial charge in [-0.3, -0.25) is 14.1 Å². The molecule has 2 aromatic rings. The third kappa shape index (κ3) is 5.68.